The number of ether oxygens (including phenoxy) is 1. The summed E-state index contributed by atoms with van der Waals surface area (Å²) in [5.41, 5.74) is 3.81. The highest BCUT2D eigenvalue weighted by atomic mass is 32.2. The second-order valence-corrected chi connectivity index (χ2v) is 13.0. The highest BCUT2D eigenvalue weighted by molar-refractivity contribution is 7.92. The van der Waals surface area contributed by atoms with E-state index >= 15 is 0 Å². The Balaban J connectivity index is 2.09. The molecule has 1 N–H and O–H groups in total. The van der Waals surface area contributed by atoms with Crippen LogP contribution < -0.4 is 14.4 Å². The lowest BCUT2D eigenvalue weighted by atomic mass is 10.1. The predicted octanol–water partition coefficient (Wildman–Crippen LogP) is 5.40. The van der Waals surface area contributed by atoms with E-state index in [9.17, 15) is 18.0 Å². The van der Waals surface area contributed by atoms with E-state index in [0.717, 1.165) is 26.6 Å². The molecule has 3 rings (SSSR count). The van der Waals surface area contributed by atoms with Crippen LogP contribution >= 0.6 is 0 Å². The second kappa shape index (κ2) is 14.4. The number of anilines is 1. The van der Waals surface area contributed by atoms with Gasteiger partial charge < -0.3 is 15.0 Å². The summed E-state index contributed by atoms with van der Waals surface area (Å²) in [5.74, 6) is 0.0886. The van der Waals surface area contributed by atoms with Crippen LogP contribution in [0.1, 0.15) is 49.4 Å². The summed E-state index contributed by atoms with van der Waals surface area (Å²) in [4.78, 5) is 29.2. The molecule has 0 aliphatic carbocycles. The first kappa shape index (κ1) is 32.7. The monoisotopic (exact) mass is 593 g/mol. The summed E-state index contributed by atoms with van der Waals surface area (Å²) in [5, 5.41) is 2.95. The molecule has 0 bridgehead atoms. The quantitative estimate of drug-likeness (QED) is 0.287. The van der Waals surface area contributed by atoms with Gasteiger partial charge in [0.2, 0.25) is 11.8 Å². The molecular formula is C33H43N3O5S. The summed E-state index contributed by atoms with van der Waals surface area (Å²) in [7, 11) is -2.56. The van der Waals surface area contributed by atoms with Crippen LogP contribution in [-0.4, -0.2) is 51.4 Å². The topological polar surface area (TPSA) is 96.0 Å². The zero-order chi connectivity index (χ0) is 31.0. The molecular weight excluding hydrogens is 550 g/mol. The fourth-order valence-electron chi connectivity index (χ4n) is 4.77. The minimum absolute atomic E-state index is 0.0844. The number of nitrogens with one attached hydrogen (secondary N) is 1. The molecule has 0 saturated heterocycles. The van der Waals surface area contributed by atoms with Crippen LogP contribution in [0.2, 0.25) is 0 Å². The zero-order valence-electron chi connectivity index (χ0n) is 25.7. The minimum atomic E-state index is -4.13. The SMILES string of the molecule is CC[C@@H](C(=O)NCC(C)C)N(Cc1cccc(OC)c1)C(=O)CN(c1cc(C)cc(C)c1)S(=O)(=O)c1ccc(C)cc1. The molecule has 0 aliphatic heterocycles. The van der Waals surface area contributed by atoms with E-state index in [-0.39, 0.29) is 23.3 Å². The van der Waals surface area contributed by atoms with E-state index in [4.69, 9.17) is 4.74 Å². The maximum Gasteiger partial charge on any atom is 0.264 e. The van der Waals surface area contributed by atoms with E-state index in [2.05, 4.69) is 5.32 Å². The zero-order valence-corrected chi connectivity index (χ0v) is 26.5. The molecule has 1 atom stereocenters. The number of carbonyl (C=O) groups excluding carboxylic acids is 2. The summed E-state index contributed by atoms with van der Waals surface area (Å²) >= 11 is 0. The number of amides is 2. The largest absolute Gasteiger partial charge is 0.497 e. The Morgan fingerprint density at radius 1 is 0.905 bits per heavy atom. The maximum absolute atomic E-state index is 14.2. The fourth-order valence-corrected chi connectivity index (χ4v) is 6.17. The Morgan fingerprint density at radius 2 is 1.55 bits per heavy atom. The van der Waals surface area contributed by atoms with Crippen LogP contribution in [0.5, 0.6) is 5.75 Å². The molecule has 8 nitrogen and oxygen atoms in total. The average Bonchev–Trinajstić information content (AvgIpc) is 2.94. The van der Waals surface area contributed by atoms with E-state index in [1.54, 1.807) is 49.6 Å². The Hall–Kier alpha value is -3.85. The number of hydrogen-bond donors (Lipinski definition) is 1. The second-order valence-electron chi connectivity index (χ2n) is 11.1. The Morgan fingerprint density at radius 3 is 2.12 bits per heavy atom. The molecule has 0 saturated carbocycles. The number of hydrogen-bond acceptors (Lipinski definition) is 5. The molecule has 2 amide bonds. The minimum Gasteiger partial charge on any atom is -0.497 e. The lowest BCUT2D eigenvalue weighted by molar-refractivity contribution is -0.140. The molecule has 3 aromatic carbocycles. The summed E-state index contributed by atoms with van der Waals surface area (Å²) < 4.78 is 34.7. The molecule has 0 radical (unpaired) electrons. The fraction of sp³-hybridized carbons (Fsp3) is 0.394. The van der Waals surface area contributed by atoms with Crippen molar-refractivity contribution in [3.8, 4) is 5.75 Å². The van der Waals surface area contributed by atoms with Gasteiger partial charge in [-0.1, -0.05) is 56.7 Å². The number of carbonyl (C=O) groups is 2. The predicted molar refractivity (Wildman–Crippen MR) is 167 cm³/mol. The van der Waals surface area contributed by atoms with Crippen LogP contribution in [0.3, 0.4) is 0 Å². The summed E-state index contributed by atoms with van der Waals surface area (Å²) in [6.07, 6.45) is 0.355. The van der Waals surface area contributed by atoms with Crippen molar-refractivity contribution in [1.82, 2.24) is 10.2 Å². The van der Waals surface area contributed by atoms with Gasteiger partial charge in [0.05, 0.1) is 17.7 Å². The van der Waals surface area contributed by atoms with Gasteiger partial charge >= 0.3 is 0 Å². The number of aryl methyl sites for hydroxylation is 3. The third kappa shape index (κ3) is 8.35. The van der Waals surface area contributed by atoms with Gasteiger partial charge in [-0.25, -0.2) is 8.42 Å². The molecule has 0 unspecified atom stereocenters. The summed E-state index contributed by atoms with van der Waals surface area (Å²) in [6, 6.07) is 18.5. The highest BCUT2D eigenvalue weighted by Crippen LogP contribution is 2.27. The van der Waals surface area contributed by atoms with Gasteiger partial charge in [-0.2, -0.15) is 0 Å². The average molecular weight is 594 g/mol. The lowest BCUT2D eigenvalue weighted by Gasteiger charge is -2.33. The van der Waals surface area contributed by atoms with Gasteiger partial charge in [0.1, 0.15) is 18.3 Å². The number of benzene rings is 3. The number of methoxy groups -OCH3 is 1. The molecule has 0 spiro atoms. The van der Waals surface area contributed by atoms with Crippen molar-refractivity contribution in [2.24, 2.45) is 5.92 Å². The third-order valence-corrected chi connectivity index (χ3v) is 8.73. The molecule has 0 fully saturated rings. The maximum atomic E-state index is 14.2. The van der Waals surface area contributed by atoms with Crippen LogP contribution in [0, 0.1) is 26.7 Å². The van der Waals surface area contributed by atoms with Crippen LogP contribution in [0.25, 0.3) is 0 Å². The van der Waals surface area contributed by atoms with Crippen LogP contribution in [0.15, 0.2) is 71.6 Å². The molecule has 226 valence electrons. The van der Waals surface area contributed by atoms with Crippen molar-refractivity contribution in [2.45, 2.75) is 65.4 Å². The van der Waals surface area contributed by atoms with E-state index in [1.807, 2.05) is 65.8 Å². The van der Waals surface area contributed by atoms with Crippen molar-refractivity contribution < 1.29 is 22.7 Å². The first-order chi connectivity index (χ1) is 19.8. The number of nitrogens with zero attached hydrogens (tertiary/aromatic N) is 2. The van der Waals surface area contributed by atoms with Gasteiger partial charge in [-0.3, -0.25) is 13.9 Å². The van der Waals surface area contributed by atoms with E-state index in [0.29, 0.717) is 24.4 Å². The van der Waals surface area contributed by atoms with Crippen molar-refractivity contribution in [2.75, 3.05) is 24.5 Å². The highest BCUT2D eigenvalue weighted by Gasteiger charge is 2.34. The van der Waals surface area contributed by atoms with Gasteiger partial charge in [-0.05, 0) is 86.2 Å². The standard InChI is InChI=1S/C33H43N3O5S/c1-8-31(33(38)34-20-23(2)3)35(21-27-10-9-11-29(19-27)41-7)32(37)22-36(28-17-25(5)16-26(6)18-28)42(39,40)30-14-12-24(4)13-15-30/h9-19,23,31H,8,20-22H2,1-7H3,(H,34,38)/t31-/m0/s1. The molecule has 0 aliphatic rings. The van der Waals surface area contributed by atoms with Crippen LogP contribution in [0.4, 0.5) is 5.69 Å². The molecule has 0 aromatic heterocycles. The van der Waals surface area contributed by atoms with Gasteiger partial charge in [0.15, 0.2) is 0 Å². The van der Waals surface area contributed by atoms with Crippen molar-refractivity contribution in [1.29, 1.82) is 0 Å². The molecule has 0 heterocycles. The molecule has 42 heavy (non-hydrogen) atoms. The number of rotatable bonds is 13. The smallest absolute Gasteiger partial charge is 0.264 e. The third-order valence-electron chi connectivity index (χ3n) is 6.94. The van der Waals surface area contributed by atoms with Gasteiger partial charge in [0, 0.05) is 13.1 Å². The van der Waals surface area contributed by atoms with Gasteiger partial charge in [-0.15, -0.1) is 0 Å². The van der Waals surface area contributed by atoms with E-state index in [1.165, 1.54) is 4.90 Å². The lowest BCUT2D eigenvalue weighted by Crippen LogP contribution is -2.52. The summed E-state index contributed by atoms with van der Waals surface area (Å²) in [6.45, 7) is 11.6. The van der Waals surface area contributed by atoms with Crippen molar-refractivity contribution >= 4 is 27.5 Å². The number of sulfonamides is 1. The Bertz CT molecular complexity index is 1470. The first-order valence-corrected chi connectivity index (χ1v) is 15.7. The normalized spacial score (nSPS) is 12.1. The Kier molecular flexibility index (Phi) is 11.2. The first-order valence-electron chi connectivity index (χ1n) is 14.2. The Labute approximate surface area is 250 Å². The molecule has 3 aromatic rings. The van der Waals surface area contributed by atoms with E-state index < -0.39 is 28.5 Å². The van der Waals surface area contributed by atoms with Crippen molar-refractivity contribution in [3.63, 3.8) is 0 Å². The molecule has 9 heteroatoms. The van der Waals surface area contributed by atoms with Crippen molar-refractivity contribution in [3.05, 3.63) is 89.0 Å². The van der Waals surface area contributed by atoms with Crippen LogP contribution in [-0.2, 0) is 26.2 Å². The van der Waals surface area contributed by atoms with Gasteiger partial charge in [0.25, 0.3) is 10.0 Å².